The SMILES string of the molecule is C[C@@H]1CN(CC(=O)N2CCc3ccc([N+](=O)[O-])cc32)C[C@@H](C)O1. The summed E-state index contributed by atoms with van der Waals surface area (Å²) in [7, 11) is 0. The fourth-order valence-electron chi connectivity index (χ4n) is 3.43. The maximum absolute atomic E-state index is 12.6. The van der Waals surface area contributed by atoms with Gasteiger partial charge in [-0.25, -0.2) is 0 Å². The van der Waals surface area contributed by atoms with Crippen LogP contribution in [0.5, 0.6) is 0 Å². The van der Waals surface area contributed by atoms with Crippen LogP contribution >= 0.6 is 0 Å². The molecule has 1 amide bonds. The molecule has 1 fully saturated rings. The summed E-state index contributed by atoms with van der Waals surface area (Å²) in [6, 6.07) is 4.75. The molecule has 3 rings (SSSR count). The first-order valence-electron chi connectivity index (χ1n) is 7.89. The van der Waals surface area contributed by atoms with Crippen molar-refractivity contribution in [1.82, 2.24) is 4.90 Å². The third-order valence-corrected chi connectivity index (χ3v) is 4.33. The van der Waals surface area contributed by atoms with Crippen molar-refractivity contribution in [2.24, 2.45) is 0 Å². The molecule has 0 spiro atoms. The highest BCUT2D eigenvalue weighted by molar-refractivity contribution is 5.97. The van der Waals surface area contributed by atoms with Crippen LogP contribution in [0.25, 0.3) is 0 Å². The van der Waals surface area contributed by atoms with E-state index in [-0.39, 0.29) is 23.8 Å². The van der Waals surface area contributed by atoms with Crippen molar-refractivity contribution < 1.29 is 14.5 Å². The number of morpholine rings is 1. The fraction of sp³-hybridized carbons (Fsp3) is 0.562. The predicted molar refractivity (Wildman–Crippen MR) is 85.6 cm³/mol. The van der Waals surface area contributed by atoms with Crippen molar-refractivity contribution in [2.75, 3.05) is 31.1 Å². The number of ether oxygens (including phenoxy) is 1. The largest absolute Gasteiger partial charge is 0.373 e. The third-order valence-electron chi connectivity index (χ3n) is 4.33. The summed E-state index contributed by atoms with van der Waals surface area (Å²) >= 11 is 0. The third kappa shape index (κ3) is 3.35. The summed E-state index contributed by atoms with van der Waals surface area (Å²) in [5, 5.41) is 10.9. The second-order valence-electron chi connectivity index (χ2n) is 6.32. The Morgan fingerprint density at radius 1 is 1.35 bits per heavy atom. The van der Waals surface area contributed by atoms with Crippen molar-refractivity contribution in [3.63, 3.8) is 0 Å². The number of nitro groups is 1. The minimum atomic E-state index is -0.424. The molecular formula is C16H21N3O4. The highest BCUT2D eigenvalue weighted by atomic mass is 16.6. The van der Waals surface area contributed by atoms with Crippen LogP contribution in [-0.4, -0.2) is 54.1 Å². The van der Waals surface area contributed by atoms with Gasteiger partial charge in [-0.3, -0.25) is 19.8 Å². The maximum Gasteiger partial charge on any atom is 0.271 e. The topological polar surface area (TPSA) is 75.9 Å². The van der Waals surface area contributed by atoms with Crippen LogP contribution in [0.3, 0.4) is 0 Å². The van der Waals surface area contributed by atoms with Crippen molar-refractivity contribution >= 4 is 17.3 Å². The molecular weight excluding hydrogens is 298 g/mol. The zero-order valence-electron chi connectivity index (χ0n) is 13.4. The molecule has 0 unspecified atom stereocenters. The van der Waals surface area contributed by atoms with E-state index < -0.39 is 4.92 Å². The average molecular weight is 319 g/mol. The van der Waals surface area contributed by atoms with Crippen LogP contribution in [0.15, 0.2) is 18.2 Å². The molecule has 0 aliphatic carbocycles. The number of anilines is 1. The van der Waals surface area contributed by atoms with Gasteiger partial charge in [0.1, 0.15) is 0 Å². The lowest BCUT2D eigenvalue weighted by Gasteiger charge is -2.35. The second-order valence-corrected chi connectivity index (χ2v) is 6.32. The van der Waals surface area contributed by atoms with Gasteiger partial charge in [0.25, 0.3) is 5.69 Å². The van der Waals surface area contributed by atoms with Crippen LogP contribution < -0.4 is 4.90 Å². The number of non-ortho nitro benzene ring substituents is 1. The Hall–Kier alpha value is -1.99. The summed E-state index contributed by atoms with van der Waals surface area (Å²) < 4.78 is 5.68. The molecule has 124 valence electrons. The van der Waals surface area contributed by atoms with Crippen LogP contribution in [-0.2, 0) is 16.0 Å². The molecule has 7 heteroatoms. The first kappa shape index (κ1) is 15.9. The lowest BCUT2D eigenvalue weighted by atomic mass is 10.1. The molecule has 0 saturated carbocycles. The molecule has 2 atom stereocenters. The quantitative estimate of drug-likeness (QED) is 0.625. The number of rotatable bonds is 3. The van der Waals surface area contributed by atoms with Crippen LogP contribution in [0.4, 0.5) is 11.4 Å². The van der Waals surface area contributed by atoms with E-state index in [0.717, 1.165) is 25.1 Å². The molecule has 2 aliphatic heterocycles. The summed E-state index contributed by atoms with van der Waals surface area (Å²) in [6.45, 7) is 6.37. The van der Waals surface area contributed by atoms with Gasteiger partial charge in [0.05, 0.1) is 29.4 Å². The smallest absolute Gasteiger partial charge is 0.271 e. The number of fused-ring (bicyclic) bond motifs is 1. The molecule has 2 aliphatic rings. The normalized spacial score (nSPS) is 24.5. The number of hydrogen-bond acceptors (Lipinski definition) is 5. The van der Waals surface area contributed by atoms with Gasteiger partial charge in [-0.1, -0.05) is 6.07 Å². The monoisotopic (exact) mass is 319 g/mol. The van der Waals surface area contributed by atoms with E-state index in [1.54, 1.807) is 11.0 Å². The molecule has 0 bridgehead atoms. The highest BCUT2D eigenvalue weighted by Crippen LogP contribution is 2.31. The fourth-order valence-corrected chi connectivity index (χ4v) is 3.43. The maximum atomic E-state index is 12.6. The minimum Gasteiger partial charge on any atom is -0.373 e. The Kier molecular flexibility index (Phi) is 4.32. The van der Waals surface area contributed by atoms with Gasteiger partial charge >= 0.3 is 0 Å². The summed E-state index contributed by atoms with van der Waals surface area (Å²) in [5.41, 5.74) is 1.70. The van der Waals surface area contributed by atoms with E-state index in [1.807, 2.05) is 13.8 Å². The standard InChI is InChI=1S/C16H21N3O4/c1-11-8-17(9-12(2)23-11)10-16(20)18-6-5-13-3-4-14(19(21)22)7-15(13)18/h3-4,7,11-12H,5-6,8-10H2,1-2H3/t11-,12-/m1/s1. The van der Waals surface area contributed by atoms with Gasteiger partial charge in [0.15, 0.2) is 0 Å². The zero-order chi connectivity index (χ0) is 16.6. The minimum absolute atomic E-state index is 0.00875. The van der Waals surface area contributed by atoms with E-state index in [1.165, 1.54) is 12.1 Å². The number of nitrogens with zero attached hydrogens (tertiary/aromatic N) is 3. The summed E-state index contributed by atoms with van der Waals surface area (Å²) in [5.74, 6) is -0.00875. The Bertz CT molecular complexity index is 624. The van der Waals surface area contributed by atoms with E-state index in [2.05, 4.69) is 4.90 Å². The van der Waals surface area contributed by atoms with Crippen LogP contribution in [0, 0.1) is 10.1 Å². The molecule has 2 heterocycles. The lowest BCUT2D eigenvalue weighted by molar-refractivity contribution is -0.384. The number of benzene rings is 1. The number of nitro benzene ring substituents is 1. The average Bonchev–Trinajstić information content (AvgIpc) is 2.88. The van der Waals surface area contributed by atoms with Gasteiger partial charge in [-0.05, 0) is 25.8 Å². The Morgan fingerprint density at radius 3 is 2.70 bits per heavy atom. The van der Waals surface area contributed by atoms with Crippen LogP contribution in [0.2, 0.25) is 0 Å². The van der Waals surface area contributed by atoms with Crippen molar-refractivity contribution in [3.05, 3.63) is 33.9 Å². The van der Waals surface area contributed by atoms with Crippen molar-refractivity contribution in [2.45, 2.75) is 32.5 Å². The first-order valence-corrected chi connectivity index (χ1v) is 7.89. The number of carbonyl (C=O) groups is 1. The Morgan fingerprint density at radius 2 is 2.04 bits per heavy atom. The number of amides is 1. The van der Waals surface area contributed by atoms with E-state index in [4.69, 9.17) is 4.74 Å². The van der Waals surface area contributed by atoms with Crippen molar-refractivity contribution in [3.8, 4) is 0 Å². The number of hydrogen-bond donors (Lipinski definition) is 0. The Labute approximate surface area is 135 Å². The van der Waals surface area contributed by atoms with Gasteiger partial charge in [0.2, 0.25) is 5.91 Å². The van der Waals surface area contributed by atoms with Gasteiger partial charge in [-0.15, -0.1) is 0 Å². The molecule has 0 radical (unpaired) electrons. The van der Waals surface area contributed by atoms with Gasteiger partial charge < -0.3 is 9.64 Å². The highest BCUT2D eigenvalue weighted by Gasteiger charge is 2.30. The van der Waals surface area contributed by atoms with E-state index >= 15 is 0 Å². The molecule has 23 heavy (non-hydrogen) atoms. The molecule has 1 aromatic carbocycles. The lowest BCUT2D eigenvalue weighted by Crippen LogP contribution is -2.49. The van der Waals surface area contributed by atoms with E-state index in [0.29, 0.717) is 18.8 Å². The van der Waals surface area contributed by atoms with Gasteiger partial charge in [0, 0.05) is 31.8 Å². The van der Waals surface area contributed by atoms with E-state index in [9.17, 15) is 14.9 Å². The summed E-state index contributed by atoms with van der Waals surface area (Å²) in [4.78, 5) is 26.9. The zero-order valence-corrected chi connectivity index (χ0v) is 13.4. The Balaban J connectivity index is 1.73. The first-order chi connectivity index (χ1) is 10.9. The molecule has 1 saturated heterocycles. The molecule has 0 N–H and O–H groups in total. The second kappa shape index (κ2) is 6.25. The molecule has 0 aromatic heterocycles. The molecule has 1 aromatic rings. The van der Waals surface area contributed by atoms with Gasteiger partial charge in [-0.2, -0.15) is 0 Å². The number of carbonyl (C=O) groups excluding carboxylic acids is 1. The summed E-state index contributed by atoms with van der Waals surface area (Å²) in [6.07, 6.45) is 0.964. The van der Waals surface area contributed by atoms with Crippen LogP contribution in [0.1, 0.15) is 19.4 Å². The molecule has 7 nitrogen and oxygen atoms in total. The van der Waals surface area contributed by atoms with Crippen molar-refractivity contribution in [1.29, 1.82) is 0 Å². The predicted octanol–water partition coefficient (Wildman–Crippen LogP) is 1.59.